The first-order valence-corrected chi connectivity index (χ1v) is 28.5. The van der Waals surface area contributed by atoms with Crippen molar-refractivity contribution < 1.29 is 0 Å². The second-order valence-electron chi connectivity index (χ2n) is 21.0. The van der Waals surface area contributed by atoms with Gasteiger partial charge in [-0.1, -0.05) is 230 Å². The Bertz CT molecular complexity index is 4790. The highest BCUT2D eigenvalue weighted by Gasteiger charge is 2.29. The van der Waals surface area contributed by atoms with Crippen LogP contribution in [0, 0.1) is 0 Å². The Balaban J connectivity index is 0.771. The molecule has 4 heterocycles. The Morgan fingerprint density at radius 3 is 0.808 bits per heavy atom. The van der Waals surface area contributed by atoms with E-state index in [9.17, 15) is 0 Å². The molecule has 360 valence electrons. The van der Waals surface area contributed by atoms with Crippen LogP contribution in [0.5, 0.6) is 0 Å². The van der Waals surface area contributed by atoms with Gasteiger partial charge in [0.05, 0.1) is 33.4 Å². The minimum Gasteiger partial charge on any atom is -0.308 e. The van der Waals surface area contributed by atoms with E-state index in [0.717, 1.165) is 0 Å². The number of hydrogen-bond donors (Lipinski definition) is 0. The summed E-state index contributed by atoms with van der Waals surface area (Å²) in [5.41, 5.74) is 17.6. The summed E-state index contributed by atoms with van der Waals surface area (Å²) >= 11 is 3.84. The van der Waals surface area contributed by atoms with E-state index >= 15 is 0 Å². The third kappa shape index (κ3) is 5.80. The zero-order chi connectivity index (χ0) is 50.7. The van der Waals surface area contributed by atoms with Gasteiger partial charge in [-0.3, -0.25) is 0 Å². The van der Waals surface area contributed by atoms with Crippen LogP contribution in [0.15, 0.2) is 274 Å². The van der Waals surface area contributed by atoms with E-state index in [0.29, 0.717) is 0 Å². The molecule has 16 aromatic rings. The number of hydrogen-bond acceptors (Lipinski definition) is 2. The summed E-state index contributed by atoms with van der Waals surface area (Å²) in [5, 5.41) is 17.8. The first kappa shape index (κ1) is 42.9. The van der Waals surface area contributed by atoms with Gasteiger partial charge in [0, 0.05) is 73.4 Å². The molecule has 4 heteroatoms. The Hall–Kier alpha value is -9.32. The summed E-state index contributed by atoms with van der Waals surface area (Å²) in [5.74, 6) is 0. The maximum Gasteiger partial charge on any atom is 0.0619 e. The average Bonchev–Trinajstić information content (AvgIpc) is 4.08. The van der Waals surface area contributed by atoms with Gasteiger partial charge in [-0.25, -0.2) is 0 Å². The summed E-state index contributed by atoms with van der Waals surface area (Å²) in [6.07, 6.45) is 0. The minimum atomic E-state index is 1.22. The third-order valence-electron chi connectivity index (χ3n) is 17.1. The van der Waals surface area contributed by atoms with E-state index in [1.165, 1.54) is 173 Å². The first-order valence-electron chi connectivity index (χ1n) is 26.8. The van der Waals surface area contributed by atoms with Gasteiger partial charge < -0.3 is 9.13 Å². The van der Waals surface area contributed by atoms with Crippen molar-refractivity contribution in [2.24, 2.45) is 0 Å². The summed E-state index contributed by atoms with van der Waals surface area (Å²) < 4.78 is 5.00. The lowest BCUT2D eigenvalue weighted by atomic mass is 9.87. The molecule has 14 aromatic carbocycles. The van der Waals surface area contributed by atoms with Gasteiger partial charge in [-0.05, 0) is 115 Å². The lowest BCUT2D eigenvalue weighted by molar-refractivity contribution is 1.21. The van der Waals surface area contributed by atoms with Crippen molar-refractivity contribution in [3.8, 4) is 55.9 Å². The molecule has 0 radical (unpaired) electrons. The van der Waals surface area contributed by atoms with Crippen molar-refractivity contribution in [1.82, 2.24) is 9.13 Å². The summed E-state index contributed by atoms with van der Waals surface area (Å²) in [7, 11) is 0. The molecule has 0 bridgehead atoms. The lowest BCUT2D eigenvalue weighted by Gasteiger charge is -2.27. The van der Waals surface area contributed by atoms with Crippen molar-refractivity contribution in [3.63, 3.8) is 0 Å². The van der Waals surface area contributed by atoms with Gasteiger partial charge in [0.25, 0.3) is 0 Å². The highest BCUT2D eigenvalue weighted by atomic mass is 32.2. The Kier molecular flexibility index (Phi) is 8.85. The monoisotopic (exact) mass is 1020 g/mol. The van der Waals surface area contributed by atoms with Crippen LogP contribution in [0.3, 0.4) is 0 Å². The van der Waals surface area contributed by atoms with Crippen LogP contribution in [0.2, 0.25) is 0 Å². The van der Waals surface area contributed by atoms with Crippen molar-refractivity contribution in [2.45, 2.75) is 19.6 Å². The number of benzene rings is 14. The molecular formula is C74H42N2S2. The molecule has 0 saturated carbocycles. The SMILES string of the molecule is c1ccc2c(-n3c4ccccc4c4ccccc43)c3ccccc3c(-c3ccc4c(c3)Sc3ccc5c6c(ccc-4c36)-c3ccc(-c4c6ccccc6c(-n6c7ccccc7c7ccccc76)c6ccccc46)cc3S5)c2c1. The van der Waals surface area contributed by atoms with Gasteiger partial charge >= 0.3 is 0 Å². The van der Waals surface area contributed by atoms with Crippen LogP contribution in [0.1, 0.15) is 0 Å². The number of fused-ring (bicyclic) bond motifs is 14. The van der Waals surface area contributed by atoms with Gasteiger partial charge in [0.2, 0.25) is 0 Å². The molecule has 2 aliphatic rings. The highest BCUT2D eigenvalue weighted by Crippen LogP contribution is 2.57. The molecule has 2 aliphatic heterocycles. The maximum atomic E-state index is 2.50. The van der Waals surface area contributed by atoms with E-state index in [-0.39, 0.29) is 0 Å². The molecule has 78 heavy (non-hydrogen) atoms. The molecule has 0 unspecified atom stereocenters. The van der Waals surface area contributed by atoms with E-state index < -0.39 is 0 Å². The van der Waals surface area contributed by atoms with Crippen molar-refractivity contribution in [1.29, 1.82) is 0 Å². The van der Waals surface area contributed by atoms with Gasteiger partial charge in [-0.2, -0.15) is 0 Å². The lowest BCUT2D eigenvalue weighted by Crippen LogP contribution is -2.01. The fraction of sp³-hybridized carbons (Fsp3) is 0. The molecule has 0 amide bonds. The molecule has 0 aliphatic carbocycles. The second kappa shape index (κ2) is 16.1. The smallest absolute Gasteiger partial charge is 0.0619 e. The third-order valence-corrected chi connectivity index (χ3v) is 19.3. The predicted octanol–water partition coefficient (Wildman–Crippen LogP) is 21.2. The number of aromatic nitrogens is 2. The topological polar surface area (TPSA) is 9.86 Å². The van der Waals surface area contributed by atoms with Crippen molar-refractivity contribution in [2.75, 3.05) is 0 Å². The molecule has 0 saturated heterocycles. The standard InChI is InChI=1S/C74H42N2S2/c1-5-25-57-51(21-1)69(52-22-2-6-26-58(52)73(57)75-61-29-13-9-17-45(61)46-18-10-14-30-62(46)75)43-33-35-49-55-37-38-56-50-36-34-44(42-68(50)78-66-40-39-65(71(55)72(56)66)77-67(49)41-43)70-53-23-3-7-27-59(53)74(60-28-8-4-24-54(60)70)76-63-31-15-11-19-47(63)48-20-12-16-32-64(48)76/h1-42H. The molecule has 0 atom stereocenters. The van der Waals surface area contributed by atoms with E-state index in [1.807, 2.05) is 23.5 Å². The van der Waals surface area contributed by atoms with Gasteiger partial charge in [0.1, 0.15) is 0 Å². The fourth-order valence-corrected chi connectivity index (χ4v) is 16.2. The first-order chi connectivity index (χ1) is 38.7. The van der Waals surface area contributed by atoms with Crippen LogP contribution < -0.4 is 0 Å². The van der Waals surface area contributed by atoms with Gasteiger partial charge in [-0.15, -0.1) is 0 Å². The van der Waals surface area contributed by atoms with Crippen LogP contribution in [-0.2, 0) is 0 Å². The molecular weight excluding hydrogens is 981 g/mol. The average molecular weight is 1020 g/mol. The van der Waals surface area contributed by atoms with Gasteiger partial charge in [0.15, 0.2) is 0 Å². The zero-order valence-corrected chi connectivity index (χ0v) is 43.6. The highest BCUT2D eigenvalue weighted by molar-refractivity contribution is 8.00. The largest absolute Gasteiger partial charge is 0.308 e. The minimum absolute atomic E-state index is 1.22. The normalized spacial score (nSPS) is 12.8. The summed E-state index contributed by atoms with van der Waals surface area (Å²) in [6, 6.07) is 95.6. The molecule has 2 nitrogen and oxygen atoms in total. The number of nitrogens with zero attached hydrogens (tertiary/aromatic N) is 2. The Morgan fingerprint density at radius 2 is 0.487 bits per heavy atom. The zero-order valence-electron chi connectivity index (χ0n) is 42.0. The molecule has 0 fully saturated rings. The van der Waals surface area contributed by atoms with E-state index in [2.05, 4.69) is 264 Å². The molecule has 0 N–H and O–H groups in total. The van der Waals surface area contributed by atoms with E-state index in [1.54, 1.807) is 0 Å². The Labute approximate surface area is 457 Å². The summed E-state index contributed by atoms with van der Waals surface area (Å²) in [6.45, 7) is 0. The number of rotatable bonds is 4. The van der Waals surface area contributed by atoms with Crippen LogP contribution in [0.25, 0.3) is 153 Å². The maximum absolute atomic E-state index is 2.50. The van der Waals surface area contributed by atoms with Crippen LogP contribution in [0.4, 0.5) is 0 Å². The van der Waals surface area contributed by atoms with Crippen molar-refractivity contribution in [3.05, 3.63) is 255 Å². The molecule has 2 aromatic heterocycles. The predicted molar refractivity (Wildman–Crippen MR) is 333 cm³/mol. The summed E-state index contributed by atoms with van der Waals surface area (Å²) in [4.78, 5) is 5.21. The molecule has 18 rings (SSSR count). The molecule has 0 spiro atoms. The Morgan fingerprint density at radius 1 is 0.218 bits per heavy atom. The quantitative estimate of drug-likeness (QED) is 0.163. The van der Waals surface area contributed by atoms with E-state index in [4.69, 9.17) is 0 Å². The number of para-hydroxylation sites is 4. The van der Waals surface area contributed by atoms with Crippen LogP contribution >= 0.6 is 23.5 Å². The van der Waals surface area contributed by atoms with Crippen molar-refractivity contribution >= 4 is 121 Å². The fourth-order valence-electron chi connectivity index (χ4n) is 13.9. The second-order valence-corrected chi connectivity index (χ2v) is 23.1. The van der Waals surface area contributed by atoms with Crippen LogP contribution in [-0.4, -0.2) is 9.13 Å².